The summed E-state index contributed by atoms with van der Waals surface area (Å²) in [6, 6.07) is 4.68. The Balaban J connectivity index is 1.72. The Morgan fingerprint density at radius 2 is 1.89 bits per heavy atom. The molecule has 1 N–H and O–H groups in total. The molecule has 1 nitrogen and oxygen atoms in total. The lowest BCUT2D eigenvalue weighted by Crippen LogP contribution is -2.35. The van der Waals surface area contributed by atoms with E-state index in [1.165, 1.54) is 31.7 Å². The monoisotopic (exact) mass is 265 g/mol. The zero-order valence-corrected chi connectivity index (χ0v) is 11.2. The molecule has 104 valence electrons. The number of nitrogens with one attached hydrogen (secondary N) is 1. The summed E-state index contributed by atoms with van der Waals surface area (Å²) in [5.74, 6) is -0.879. The average molecular weight is 265 g/mol. The van der Waals surface area contributed by atoms with Crippen molar-refractivity contribution >= 4 is 0 Å². The average Bonchev–Trinajstić information content (AvgIpc) is 3.11. The quantitative estimate of drug-likeness (QED) is 0.853. The molecule has 0 unspecified atom stereocenters. The minimum Gasteiger partial charge on any atom is -0.313 e. The smallest absolute Gasteiger partial charge is 0.129 e. The number of halogens is 2. The van der Waals surface area contributed by atoms with Crippen molar-refractivity contribution in [3.05, 3.63) is 35.4 Å². The highest BCUT2D eigenvalue weighted by molar-refractivity contribution is 5.20. The summed E-state index contributed by atoms with van der Waals surface area (Å²) in [7, 11) is 0. The minimum absolute atomic E-state index is 0.182. The van der Waals surface area contributed by atoms with Crippen LogP contribution in [0.1, 0.15) is 44.1 Å². The van der Waals surface area contributed by atoms with Crippen LogP contribution in [0.2, 0.25) is 0 Å². The Morgan fingerprint density at radius 1 is 1.16 bits per heavy atom. The van der Waals surface area contributed by atoms with E-state index in [0.717, 1.165) is 31.9 Å². The molecule has 0 aromatic heterocycles. The fourth-order valence-corrected chi connectivity index (χ4v) is 3.26. The molecule has 0 saturated heterocycles. The van der Waals surface area contributed by atoms with Crippen molar-refractivity contribution in [2.45, 2.75) is 51.0 Å². The lowest BCUT2D eigenvalue weighted by molar-refractivity contribution is 0.273. The van der Waals surface area contributed by atoms with E-state index in [9.17, 15) is 8.78 Å². The van der Waals surface area contributed by atoms with Crippen LogP contribution in [0, 0.1) is 17.0 Å². The van der Waals surface area contributed by atoms with Gasteiger partial charge in [-0.1, -0.05) is 18.9 Å². The second-order valence-corrected chi connectivity index (χ2v) is 6.27. The van der Waals surface area contributed by atoms with Crippen molar-refractivity contribution in [3.63, 3.8) is 0 Å². The normalized spacial score (nSPS) is 21.8. The zero-order chi connectivity index (χ0) is 13.3. The molecule has 0 radical (unpaired) electrons. The largest absolute Gasteiger partial charge is 0.313 e. The third kappa shape index (κ3) is 3.14. The molecule has 2 aliphatic carbocycles. The van der Waals surface area contributed by atoms with E-state index < -0.39 is 11.6 Å². The van der Waals surface area contributed by atoms with Gasteiger partial charge in [0, 0.05) is 18.7 Å². The SMILES string of the molecule is Fc1ccc(CC2(CNC3CC3)CCCC2)c(F)c1. The van der Waals surface area contributed by atoms with Crippen LogP contribution in [-0.4, -0.2) is 12.6 Å². The second kappa shape index (κ2) is 5.20. The number of rotatable bonds is 5. The van der Waals surface area contributed by atoms with Crippen LogP contribution in [0.5, 0.6) is 0 Å². The molecule has 0 heterocycles. The number of hydrogen-bond acceptors (Lipinski definition) is 1. The van der Waals surface area contributed by atoms with Crippen molar-refractivity contribution in [2.75, 3.05) is 6.54 Å². The predicted octanol–water partition coefficient (Wildman–Crippen LogP) is 3.82. The zero-order valence-electron chi connectivity index (χ0n) is 11.2. The predicted molar refractivity (Wildman–Crippen MR) is 72.0 cm³/mol. The van der Waals surface area contributed by atoms with E-state index in [-0.39, 0.29) is 5.41 Å². The number of hydrogen-bond donors (Lipinski definition) is 1. The highest BCUT2D eigenvalue weighted by atomic mass is 19.1. The Bertz CT molecular complexity index is 448. The van der Waals surface area contributed by atoms with Gasteiger partial charge in [-0.2, -0.15) is 0 Å². The maximum atomic E-state index is 13.8. The Labute approximate surface area is 113 Å². The molecular formula is C16H21F2N. The fourth-order valence-electron chi connectivity index (χ4n) is 3.26. The van der Waals surface area contributed by atoms with E-state index in [4.69, 9.17) is 0 Å². The van der Waals surface area contributed by atoms with Crippen LogP contribution in [0.3, 0.4) is 0 Å². The van der Waals surface area contributed by atoms with Gasteiger partial charge in [0.2, 0.25) is 0 Å². The first kappa shape index (κ1) is 13.0. The van der Waals surface area contributed by atoms with E-state index in [1.54, 1.807) is 6.07 Å². The highest BCUT2D eigenvalue weighted by Crippen LogP contribution is 2.41. The van der Waals surface area contributed by atoms with Gasteiger partial charge >= 0.3 is 0 Å². The molecule has 3 rings (SSSR count). The van der Waals surface area contributed by atoms with Crippen LogP contribution in [0.4, 0.5) is 8.78 Å². The molecule has 0 aliphatic heterocycles. The highest BCUT2D eigenvalue weighted by Gasteiger charge is 2.36. The van der Waals surface area contributed by atoms with Crippen molar-refractivity contribution in [3.8, 4) is 0 Å². The van der Waals surface area contributed by atoms with Gasteiger partial charge in [0.05, 0.1) is 0 Å². The minimum atomic E-state index is -0.488. The molecule has 0 amide bonds. The van der Waals surface area contributed by atoms with Crippen LogP contribution >= 0.6 is 0 Å². The van der Waals surface area contributed by atoms with Crippen molar-refractivity contribution in [1.29, 1.82) is 0 Å². The molecule has 2 fully saturated rings. The molecule has 0 spiro atoms. The standard InChI is InChI=1S/C16H21F2N/c17-13-4-3-12(15(18)9-13)10-16(7-1-2-8-16)11-19-14-5-6-14/h3-4,9,14,19H,1-2,5-8,10-11H2. The van der Waals surface area contributed by atoms with Crippen molar-refractivity contribution < 1.29 is 8.78 Å². The molecule has 1 aromatic rings. The van der Waals surface area contributed by atoms with Gasteiger partial charge in [-0.05, 0) is 49.1 Å². The molecule has 2 saturated carbocycles. The third-order valence-corrected chi connectivity index (χ3v) is 4.59. The Kier molecular flexibility index (Phi) is 3.57. The molecule has 2 aliphatic rings. The van der Waals surface area contributed by atoms with Gasteiger partial charge in [-0.25, -0.2) is 8.78 Å². The van der Waals surface area contributed by atoms with Gasteiger partial charge in [0.1, 0.15) is 11.6 Å². The Morgan fingerprint density at radius 3 is 2.53 bits per heavy atom. The molecule has 0 bridgehead atoms. The first-order chi connectivity index (χ1) is 9.17. The molecule has 0 atom stereocenters. The van der Waals surface area contributed by atoms with Crippen molar-refractivity contribution in [1.82, 2.24) is 5.32 Å². The van der Waals surface area contributed by atoms with Crippen LogP contribution < -0.4 is 5.32 Å². The lowest BCUT2D eigenvalue weighted by atomic mass is 9.79. The summed E-state index contributed by atoms with van der Waals surface area (Å²) in [5, 5.41) is 3.59. The molecule has 3 heteroatoms. The van der Waals surface area contributed by atoms with Crippen LogP contribution in [0.15, 0.2) is 18.2 Å². The summed E-state index contributed by atoms with van der Waals surface area (Å²) in [6.07, 6.45) is 8.07. The third-order valence-electron chi connectivity index (χ3n) is 4.59. The summed E-state index contributed by atoms with van der Waals surface area (Å²) in [5.41, 5.74) is 0.849. The number of benzene rings is 1. The topological polar surface area (TPSA) is 12.0 Å². The lowest BCUT2D eigenvalue weighted by Gasteiger charge is -2.30. The van der Waals surface area contributed by atoms with Crippen LogP contribution in [-0.2, 0) is 6.42 Å². The maximum Gasteiger partial charge on any atom is 0.129 e. The summed E-state index contributed by atoms with van der Waals surface area (Å²) < 4.78 is 26.8. The fraction of sp³-hybridized carbons (Fsp3) is 0.625. The van der Waals surface area contributed by atoms with E-state index >= 15 is 0 Å². The van der Waals surface area contributed by atoms with Crippen molar-refractivity contribution in [2.24, 2.45) is 5.41 Å². The van der Waals surface area contributed by atoms with E-state index in [2.05, 4.69) is 5.32 Å². The summed E-state index contributed by atoms with van der Waals surface area (Å²) in [4.78, 5) is 0. The summed E-state index contributed by atoms with van der Waals surface area (Å²) >= 11 is 0. The van der Waals surface area contributed by atoms with E-state index in [0.29, 0.717) is 11.6 Å². The molecular weight excluding hydrogens is 244 g/mol. The second-order valence-electron chi connectivity index (χ2n) is 6.27. The summed E-state index contributed by atoms with van der Waals surface area (Å²) in [6.45, 7) is 0.981. The molecule has 1 aromatic carbocycles. The maximum absolute atomic E-state index is 13.8. The van der Waals surface area contributed by atoms with Gasteiger partial charge in [0.25, 0.3) is 0 Å². The van der Waals surface area contributed by atoms with Crippen LogP contribution in [0.25, 0.3) is 0 Å². The first-order valence-electron chi connectivity index (χ1n) is 7.34. The van der Waals surface area contributed by atoms with Gasteiger partial charge in [-0.15, -0.1) is 0 Å². The Hall–Kier alpha value is -0.960. The first-order valence-corrected chi connectivity index (χ1v) is 7.34. The van der Waals surface area contributed by atoms with Gasteiger partial charge < -0.3 is 5.32 Å². The molecule has 19 heavy (non-hydrogen) atoms. The van der Waals surface area contributed by atoms with Gasteiger partial charge in [-0.3, -0.25) is 0 Å². The van der Waals surface area contributed by atoms with E-state index in [1.807, 2.05) is 0 Å². The van der Waals surface area contributed by atoms with Gasteiger partial charge in [0.15, 0.2) is 0 Å².